The Morgan fingerprint density at radius 1 is 1.18 bits per heavy atom. The van der Waals surface area contributed by atoms with Crippen LogP contribution in [0.15, 0.2) is 46.9 Å². The van der Waals surface area contributed by atoms with Crippen LogP contribution >= 0.6 is 15.9 Å². The van der Waals surface area contributed by atoms with Crippen molar-refractivity contribution in [2.45, 2.75) is 0 Å². The number of carboxylic acid groups (broad SMARTS) is 1. The predicted octanol–water partition coefficient (Wildman–Crippen LogP) is 3.65. The molecule has 0 radical (unpaired) electrons. The van der Waals surface area contributed by atoms with E-state index in [0.29, 0.717) is 26.8 Å². The van der Waals surface area contributed by atoms with Gasteiger partial charge in [0, 0.05) is 21.1 Å². The number of carboxylic acids is 1. The highest BCUT2D eigenvalue weighted by atomic mass is 79.9. The van der Waals surface area contributed by atoms with E-state index < -0.39 is 5.97 Å². The summed E-state index contributed by atoms with van der Waals surface area (Å²) < 4.78 is 0.582. The molecule has 0 aliphatic heterocycles. The molecule has 0 saturated heterocycles. The Morgan fingerprint density at radius 2 is 1.95 bits per heavy atom. The van der Waals surface area contributed by atoms with Crippen LogP contribution in [0.4, 0.5) is 5.69 Å². The summed E-state index contributed by atoms with van der Waals surface area (Å²) in [4.78, 5) is 15.9. The number of aromatic nitrogens is 1. The minimum Gasteiger partial charge on any atom is -0.506 e. The standard InChI is InChI=1S/C16H11BrN2O3/c17-9-5-11-12(16(21)22)7-13(19-15(11)14(20)6-9)8-2-1-3-10(18)4-8/h1-7,20H,18H2,(H,21,22). The third-order valence-corrected chi connectivity index (χ3v) is 3.73. The molecular formula is C16H11BrN2O3. The zero-order valence-corrected chi connectivity index (χ0v) is 12.8. The third-order valence-electron chi connectivity index (χ3n) is 3.27. The van der Waals surface area contributed by atoms with Gasteiger partial charge in [0.1, 0.15) is 11.3 Å². The van der Waals surface area contributed by atoms with Gasteiger partial charge in [-0.2, -0.15) is 0 Å². The maximum atomic E-state index is 11.5. The van der Waals surface area contributed by atoms with E-state index in [9.17, 15) is 15.0 Å². The van der Waals surface area contributed by atoms with Crippen molar-refractivity contribution in [1.82, 2.24) is 4.98 Å². The number of halogens is 1. The van der Waals surface area contributed by atoms with Gasteiger partial charge in [-0.25, -0.2) is 9.78 Å². The van der Waals surface area contributed by atoms with Crippen LogP contribution < -0.4 is 5.73 Å². The highest BCUT2D eigenvalue weighted by Gasteiger charge is 2.16. The molecule has 0 aliphatic carbocycles. The van der Waals surface area contributed by atoms with Gasteiger partial charge in [-0.1, -0.05) is 28.1 Å². The van der Waals surface area contributed by atoms with Crippen molar-refractivity contribution < 1.29 is 15.0 Å². The van der Waals surface area contributed by atoms with E-state index in [1.807, 2.05) is 0 Å². The maximum Gasteiger partial charge on any atom is 0.336 e. The lowest BCUT2D eigenvalue weighted by molar-refractivity contribution is 0.0699. The number of phenolic OH excluding ortho intramolecular Hbond substituents is 1. The summed E-state index contributed by atoms with van der Waals surface area (Å²) in [5.41, 5.74) is 7.74. The molecule has 0 amide bonds. The normalized spacial score (nSPS) is 10.8. The summed E-state index contributed by atoms with van der Waals surface area (Å²) in [6, 6.07) is 11.6. The van der Waals surface area contributed by atoms with Gasteiger partial charge in [0.15, 0.2) is 0 Å². The largest absolute Gasteiger partial charge is 0.506 e. The van der Waals surface area contributed by atoms with Crippen molar-refractivity contribution >= 4 is 38.5 Å². The summed E-state index contributed by atoms with van der Waals surface area (Å²) in [5, 5.41) is 19.9. The van der Waals surface area contributed by atoms with Gasteiger partial charge < -0.3 is 15.9 Å². The molecule has 110 valence electrons. The number of fused-ring (bicyclic) bond motifs is 1. The number of hydrogen-bond acceptors (Lipinski definition) is 4. The Balaban J connectivity index is 2.37. The fourth-order valence-electron chi connectivity index (χ4n) is 2.30. The van der Waals surface area contributed by atoms with Crippen molar-refractivity contribution in [3.05, 3.63) is 52.5 Å². The molecule has 4 N–H and O–H groups in total. The Labute approximate surface area is 134 Å². The van der Waals surface area contributed by atoms with E-state index in [2.05, 4.69) is 20.9 Å². The number of phenols is 1. The second-order valence-electron chi connectivity index (χ2n) is 4.81. The van der Waals surface area contributed by atoms with Crippen LogP contribution in [0.5, 0.6) is 5.75 Å². The van der Waals surface area contributed by atoms with Gasteiger partial charge in [-0.3, -0.25) is 0 Å². The van der Waals surface area contributed by atoms with E-state index in [-0.39, 0.29) is 16.8 Å². The Bertz CT molecular complexity index is 909. The molecule has 3 aromatic rings. The van der Waals surface area contributed by atoms with E-state index >= 15 is 0 Å². The van der Waals surface area contributed by atoms with Gasteiger partial charge in [-0.05, 0) is 30.3 Å². The Kier molecular flexibility index (Phi) is 3.46. The zero-order valence-electron chi connectivity index (χ0n) is 11.2. The highest BCUT2D eigenvalue weighted by Crippen LogP contribution is 2.33. The lowest BCUT2D eigenvalue weighted by Crippen LogP contribution is -2.00. The fourth-order valence-corrected chi connectivity index (χ4v) is 2.74. The minimum atomic E-state index is -1.09. The van der Waals surface area contributed by atoms with Crippen molar-refractivity contribution in [3.63, 3.8) is 0 Å². The highest BCUT2D eigenvalue weighted by molar-refractivity contribution is 9.10. The van der Waals surface area contributed by atoms with Crippen LogP contribution in [0, 0.1) is 0 Å². The van der Waals surface area contributed by atoms with Crippen molar-refractivity contribution in [1.29, 1.82) is 0 Å². The smallest absolute Gasteiger partial charge is 0.336 e. The number of aromatic carboxylic acids is 1. The van der Waals surface area contributed by atoms with E-state index in [0.717, 1.165) is 0 Å². The van der Waals surface area contributed by atoms with Gasteiger partial charge in [0.25, 0.3) is 0 Å². The molecule has 0 atom stereocenters. The number of nitrogens with zero attached hydrogens (tertiary/aromatic N) is 1. The molecule has 0 unspecified atom stereocenters. The third kappa shape index (κ3) is 2.48. The lowest BCUT2D eigenvalue weighted by Gasteiger charge is -2.09. The average molecular weight is 359 g/mol. The second-order valence-corrected chi connectivity index (χ2v) is 5.72. The molecule has 1 heterocycles. The number of rotatable bonds is 2. The number of nitrogens with two attached hydrogens (primary N) is 1. The monoisotopic (exact) mass is 358 g/mol. The SMILES string of the molecule is Nc1cccc(-c2cc(C(=O)O)c3cc(Br)cc(O)c3n2)c1. The first-order valence-corrected chi connectivity index (χ1v) is 7.17. The maximum absolute atomic E-state index is 11.5. The van der Waals surface area contributed by atoms with Crippen molar-refractivity contribution in [2.24, 2.45) is 0 Å². The van der Waals surface area contributed by atoms with Gasteiger partial charge >= 0.3 is 5.97 Å². The number of aromatic hydroxyl groups is 1. The quantitative estimate of drug-likeness (QED) is 0.607. The molecule has 6 heteroatoms. The summed E-state index contributed by atoms with van der Waals surface area (Å²) in [5.74, 6) is -1.17. The first kappa shape index (κ1) is 14.3. The number of anilines is 1. The predicted molar refractivity (Wildman–Crippen MR) is 87.9 cm³/mol. The zero-order chi connectivity index (χ0) is 15.9. The lowest BCUT2D eigenvalue weighted by atomic mass is 10.0. The van der Waals surface area contributed by atoms with Crippen LogP contribution in [0.25, 0.3) is 22.2 Å². The molecule has 5 nitrogen and oxygen atoms in total. The summed E-state index contributed by atoms with van der Waals surface area (Å²) in [6.07, 6.45) is 0. The molecule has 22 heavy (non-hydrogen) atoms. The number of nitrogen functional groups attached to an aromatic ring is 1. The van der Waals surface area contributed by atoms with Crippen LogP contribution in [0.1, 0.15) is 10.4 Å². The van der Waals surface area contributed by atoms with E-state index in [1.54, 1.807) is 30.3 Å². The van der Waals surface area contributed by atoms with Gasteiger partial charge in [0.2, 0.25) is 0 Å². The van der Waals surface area contributed by atoms with Crippen LogP contribution in [0.2, 0.25) is 0 Å². The summed E-state index contributed by atoms with van der Waals surface area (Å²) in [7, 11) is 0. The molecule has 3 rings (SSSR count). The first-order chi connectivity index (χ1) is 10.5. The first-order valence-electron chi connectivity index (χ1n) is 6.38. The van der Waals surface area contributed by atoms with Crippen LogP contribution in [-0.2, 0) is 0 Å². The van der Waals surface area contributed by atoms with Crippen LogP contribution in [-0.4, -0.2) is 21.2 Å². The van der Waals surface area contributed by atoms with Crippen LogP contribution in [0.3, 0.4) is 0 Å². The average Bonchev–Trinajstić information content (AvgIpc) is 2.46. The van der Waals surface area contributed by atoms with Crippen molar-refractivity contribution in [2.75, 3.05) is 5.73 Å². The Hall–Kier alpha value is -2.60. The Morgan fingerprint density at radius 3 is 2.64 bits per heavy atom. The van der Waals surface area contributed by atoms with E-state index in [1.165, 1.54) is 12.1 Å². The molecule has 0 bridgehead atoms. The molecule has 0 fully saturated rings. The molecule has 0 spiro atoms. The topological polar surface area (TPSA) is 96.4 Å². The molecule has 1 aromatic heterocycles. The molecule has 0 saturated carbocycles. The summed E-state index contributed by atoms with van der Waals surface area (Å²) in [6.45, 7) is 0. The van der Waals surface area contributed by atoms with Gasteiger partial charge in [-0.15, -0.1) is 0 Å². The molecular weight excluding hydrogens is 348 g/mol. The van der Waals surface area contributed by atoms with Crippen molar-refractivity contribution in [3.8, 4) is 17.0 Å². The fraction of sp³-hybridized carbons (Fsp3) is 0. The molecule has 0 aliphatic rings. The molecule has 2 aromatic carbocycles. The second kappa shape index (κ2) is 5.31. The summed E-state index contributed by atoms with van der Waals surface area (Å²) >= 11 is 3.24. The number of benzene rings is 2. The number of pyridine rings is 1. The number of hydrogen-bond donors (Lipinski definition) is 3. The number of carbonyl (C=O) groups is 1. The van der Waals surface area contributed by atoms with Gasteiger partial charge in [0.05, 0.1) is 11.3 Å². The minimum absolute atomic E-state index is 0.0685. The van der Waals surface area contributed by atoms with E-state index in [4.69, 9.17) is 5.73 Å².